The molecule has 5 heterocycles. The predicted octanol–water partition coefficient (Wildman–Crippen LogP) is 3.03. The van der Waals surface area contributed by atoms with Gasteiger partial charge in [-0.15, -0.1) is 0 Å². The molecule has 1 aromatic rings. The van der Waals surface area contributed by atoms with Crippen LogP contribution in [0.4, 0.5) is 11.4 Å². The van der Waals surface area contributed by atoms with Gasteiger partial charge in [-0.05, 0) is 38.6 Å². The van der Waals surface area contributed by atoms with Gasteiger partial charge in [-0.1, -0.05) is 13.8 Å². The van der Waals surface area contributed by atoms with Gasteiger partial charge >= 0.3 is 0 Å². The van der Waals surface area contributed by atoms with E-state index < -0.39 is 0 Å². The summed E-state index contributed by atoms with van der Waals surface area (Å²) in [7, 11) is 8.61. The van der Waals surface area contributed by atoms with Crippen LogP contribution in [0.5, 0.6) is 0 Å². The molecule has 2 saturated heterocycles. The van der Waals surface area contributed by atoms with E-state index in [0.29, 0.717) is 17.6 Å². The fourth-order valence-corrected chi connectivity index (χ4v) is 7.87. The molecule has 0 aromatic heterocycles. The van der Waals surface area contributed by atoms with Crippen LogP contribution in [0.3, 0.4) is 0 Å². The molecule has 7 rings (SSSR count). The number of nitrogens with zero attached hydrogens (tertiary/aromatic N) is 5. The van der Waals surface area contributed by atoms with Gasteiger partial charge in [0.05, 0.1) is 12.3 Å². The average molecular weight is 446 g/mol. The van der Waals surface area contributed by atoms with E-state index in [4.69, 9.17) is 9.40 Å². The lowest BCUT2D eigenvalue weighted by Gasteiger charge is -2.32. The van der Waals surface area contributed by atoms with Crippen LogP contribution in [-0.2, 0) is 10.8 Å². The van der Waals surface area contributed by atoms with Gasteiger partial charge in [0, 0.05) is 67.1 Å². The van der Waals surface area contributed by atoms with Crippen molar-refractivity contribution < 1.29 is 4.42 Å². The van der Waals surface area contributed by atoms with E-state index in [1.807, 2.05) is 6.07 Å². The molecule has 0 radical (unpaired) electrons. The normalized spacial score (nSPS) is 33.3. The van der Waals surface area contributed by atoms with Crippen molar-refractivity contribution in [3.8, 4) is 11.5 Å². The van der Waals surface area contributed by atoms with Crippen molar-refractivity contribution in [1.82, 2.24) is 14.8 Å². The van der Waals surface area contributed by atoms with Crippen LogP contribution in [0.25, 0.3) is 22.6 Å². The van der Waals surface area contributed by atoms with Gasteiger partial charge in [0.15, 0.2) is 17.0 Å². The molecule has 0 amide bonds. The molecule has 0 N–H and O–H groups in total. The second-order valence-corrected chi connectivity index (χ2v) is 11.3. The molecule has 33 heavy (non-hydrogen) atoms. The molecule has 5 aliphatic heterocycles. The molecule has 6 aliphatic rings. The molecule has 1 aliphatic carbocycles. The molecular weight excluding hydrogens is 414 g/mol. The highest BCUT2D eigenvalue weighted by Crippen LogP contribution is 2.53. The van der Waals surface area contributed by atoms with Crippen molar-refractivity contribution in [2.45, 2.75) is 49.9 Å². The van der Waals surface area contributed by atoms with E-state index in [2.05, 4.69) is 73.8 Å². The van der Waals surface area contributed by atoms with E-state index in [1.54, 1.807) is 0 Å². The maximum absolute atomic E-state index is 13.9. The highest BCUT2D eigenvalue weighted by Gasteiger charge is 2.55. The second-order valence-electron chi connectivity index (χ2n) is 11.3. The Morgan fingerprint density at radius 3 is 2.27 bits per heavy atom. The highest BCUT2D eigenvalue weighted by molar-refractivity contribution is 5.86. The number of benzene rings is 2. The third-order valence-corrected chi connectivity index (χ3v) is 9.35. The van der Waals surface area contributed by atoms with Crippen LogP contribution in [0.2, 0.25) is 0 Å². The summed E-state index contributed by atoms with van der Waals surface area (Å²) in [4.78, 5) is 28.2. The zero-order valence-corrected chi connectivity index (χ0v) is 20.3. The molecule has 0 spiro atoms. The molecule has 7 heteroatoms. The van der Waals surface area contributed by atoms with Crippen molar-refractivity contribution in [2.24, 2.45) is 0 Å². The van der Waals surface area contributed by atoms with Gasteiger partial charge in [-0.3, -0.25) is 14.6 Å². The summed E-state index contributed by atoms with van der Waals surface area (Å²) < 4.78 is 6.39. The maximum Gasteiger partial charge on any atom is 0.213 e. The zero-order chi connectivity index (χ0) is 23.0. The Balaban J connectivity index is 1.48. The minimum absolute atomic E-state index is 0.0302. The predicted molar refractivity (Wildman–Crippen MR) is 130 cm³/mol. The molecule has 172 valence electrons. The lowest BCUT2D eigenvalue weighted by atomic mass is 9.80. The quantitative estimate of drug-likeness (QED) is 0.493. The van der Waals surface area contributed by atoms with Gasteiger partial charge in [-0.25, -0.2) is 4.98 Å². The molecule has 2 fully saturated rings. The number of rotatable bonds is 0. The first kappa shape index (κ1) is 19.8. The summed E-state index contributed by atoms with van der Waals surface area (Å²) in [6.07, 6.45) is 2.62. The summed E-state index contributed by atoms with van der Waals surface area (Å²) in [5.41, 5.74) is 6.28. The summed E-state index contributed by atoms with van der Waals surface area (Å²) in [5.74, 6) is 0.577. The smallest absolute Gasteiger partial charge is 0.213 e. The number of aromatic nitrogens is 1. The molecule has 4 atom stereocenters. The number of fused-ring (bicyclic) bond motifs is 8. The Bertz CT molecular complexity index is 1380. The van der Waals surface area contributed by atoms with Crippen molar-refractivity contribution >= 4 is 22.5 Å². The van der Waals surface area contributed by atoms with Gasteiger partial charge in [0.2, 0.25) is 5.43 Å². The number of likely N-dealkylation sites (N-methyl/N-ethyl adjacent to an activating group) is 4. The number of hydrogen-bond donors (Lipinski definition) is 0. The summed E-state index contributed by atoms with van der Waals surface area (Å²) in [6, 6.07) is 6.34. The van der Waals surface area contributed by atoms with Gasteiger partial charge in [0.1, 0.15) is 5.52 Å². The van der Waals surface area contributed by atoms with Crippen molar-refractivity contribution in [1.29, 1.82) is 0 Å². The van der Waals surface area contributed by atoms with Crippen LogP contribution in [-0.4, -0.2) is 68.4 Å². The highest BCUT2D eigenvalue weighted by atomic mass is 16.3. The Labute approximate surface area is 193 Å². The summed E-state index contributed by atoms with van der Waals surface area (Å²) in [6.45, 7) is 6.66. The standard InChI is InChI=1S/C26H31N5O2/c1-25-7-9-28(3)23(25)30(5)16-12-18-15(11-14(16)25)27-21-19(33-18)13-17-20(22(21)32)26(2)8-10-29(4)24(26)31(17)6/h11-13,23-24H,7-10H2,1-6H3. The van der Waals surface area contributed by atoms with Crippen molar-refractivity contribution in [2.75, 3.05) is 51.1 Å². The Kier molecular flexibility index (Phi) is 3.53. The van der Waals surface area contributed by atoms with Crippen molar-refractivity contribution in [3.63, 3.8) is 0 Å². The summed E-state index contributed by atoms with van der Waals surface area (Å²) in [5, 5.41) is 0. The van der Waals surface area contributed by atoms with E-state index in [1.165, 1.54) is 11.3 Å². The van der Waals surface area contributed by atoms with Crippen LogP contribution in [0, 0.1) is 0 Å². The van der Waals surface area contributed by atoms with E-state index >= 15 is 0 Å². The Hall–Kier alpha value is -2.64. The van der Waals surface area contributed by atoms with Crippen LogP contribution in [0.1, 0.15) is 37.8 Å². The third-order valence-electron chi connectivity index (χ3n) is 9.35. The second kappa shape index (κ2) is 5.88. The topological polar surface area (TPSA) is 56.1 Å². The zero-order valence-electron chi connectivity index (χ0n) is 20.3. The first-order valence-corrected chi connectivity index (χ1v) is 12.0. The SMILES string of the molecule is CN1CCC2(C)c3cc4nc5c(=O)c6c(cc-5oc4cc3N(C)C12)N(C)C1N(C)CCC61C. The molecule has 0 bridgehead atoms. The Morgan fingerprint density at radius 1 is 0.909 bits per heavy atom. The molecule has 1 aromatic carbocycles. The Morgan fingerprint density at radius 2 is 1.55 bits per heavy atom. The third kappa shape index (κ3) is 2.14. The van der Waals surface area contributed by atoms with E-state index in [9.17, 15) is 4.79 Å². The average Bonchev–Trinajstić information content (AvgIpc) is 3.39. The number of hydrogen-bond acceptors (Lipinski definition) is 7. The summed E-state index contributed by atoms with van der Waals surface area (Å²) >= 11 is 0. The largest absolute Gasteiger partial charge is 0.453 e. The van der Waals surface area contributed by atoms with Crippen molar-refractivity contribution in [3.05, 3.63) is 39.5 Å². The van der Waals surface area contributed by atoms with Gasteiger partial charge in [-0.2, -0.15) is 0 Å². The fourth-order valence-electron chi connectivity index (χ4n) is 7.87. The van der Waals surface area contributed by atoms with Crippen LogP contribution in [0.15, 0.2) is 27.4 Å². The lowest BCUT2D eigenvalue weighted by molar-refractivity contribution is 0.268. The first-order valence-electron chi connectivity index (χ1n) is 12.0. The van der Waals surface area contributed by atoms with E-state index in [0.717, 1.165) is 48.3 Å². The van der Waals surface area contributed by atoms with E-state index in [-0.39, 0.29) is 22.4 Å². The first-order chi connectivity index (χ1) is 15.6. The minimum atomic E-state index is -0.184. The molecule has 7 nitrogen and oxygen atoms in total. The molecule has 4 unspecified atom stereocenters. The maximum atomic E-state index is 13.9. The minimum Gasteiger partial charge on any atom is -0.453 e. The van der Waals surface area contributed by atoms with Gasteiger partial charge in [0.25, 0.3) is 0 Å². The number of anilines is 2. The lowest BCUT2D eigenvalue weighted by Crippen LogP contribution is -2.45. The molecule has 0 saturated carbocycles. The van der Waals surface area contributed by atoms with Crippen LogP contribution < -0.4 is 15.2 Å². The molecular formula is C26H31N5O2. The van der Waals surface area contributed by atoms with Gasteiger partial charge < -0.3 is 14.2 Å². The number of likely N-dealkylation sites (tertiary alicyclic amines) is 2. The fraction of sp³-hybridized carbons (Fsp3) is 0.538. The monoisotopic (exact) mass is 445 g/mol. The van der Waals surface area contributed by atoms with Crippen LogP contribution >= 0.6 is 0 Å².